The van der Waals surface area contributed by atoms with Crippen LogP contribution in [0.15, 0.2) is 24.3 Å². The average molecular weight is 270 g/mol. The fraction of sp³-hybridized carbons (Fsp3) is 0.600. The van der Waals surface area contributed by atoms with Gasteiger partial charge in [-0.05, 0) is 38.0 Å². The Balaban J connectivity index is 2.67. The third kappa shape index (κ3) is 4.60. The van der Waals surface area contributed by atoms with Gasteiger partial charge in [-0.2, -0.15) is 0 Å². The Morgan fingerprint density at radius 2 is 1.67 bits per heavy atom. The topological polar surface area (TPSA) is 32.3 Å². The molecule has 0 saturated carbocycles. The molecule has 1 aromatic carbocycles. The molecule has 0 fully saturated rings. The summed E-state index contributed by atoms with van der Waals surface area (Å²) in [5, 5.41) is 13.3. The first-order valence-corrected chi connectivity index (χ1v) is 6.77. The van der Waals surface area contributed by atoms with Gasteiger partial charge in [-0.15, -0.1) is 0 Å². The van der Waals surface area contributed by atoms with Gasteiger partial charge in [-0.1, -0.05) is 37.6 Å². The molecule has 0 spiro atoms. The minimum Gasteiger partial charge on any atom is -0.396 e. The summed E-state index contributed by atoms with van der Waals surface area (Å²) in [7, 11) is 0. The number of benzene rings is 1. The van der Waals surface area contributed by atoms with Crippen molar-refractivity contribution in [1.29, 1.82) is 0 Å². The fourth-order valence-electron chi connectivity index (χ4n) is 1.83. The van der Waals surface area contributed by atoms with Crippen LogP contribution in [0, 0.1) is 0 Å². The van der Waals surface area contributed by atoms with Crippen LogP contribution in [0.1, 0.15) is 39.7 Å². The van der Waals surface area contributed by atoms with E-state index in [0.717, 1.165) is 18.0 Å². The zero-order valence-corrected chi connectivity index (χ0v) is 12.5. The van der Waals surface area contributed by atoms with Gasteiger partial charge in [0.1, 0.15) is 0 Å². The van der Waals surface area contributed by atoms with E-state index in [1.54, 1.807) is 0 Å². The molecular weight excluding hydrogens is 246 g/mol. The summed E-state index contributed by atoms with van der Waals surface area (Å²) in [5.74, 6) is 0. The van der Waals surface area contributed by atoms with E-state index in [9.17, 15) is 0 Å². The first-order chi connectivity index (χ1) is 8.27. The van der Waals surface area contributed by atoms with Crippen LogP contribution in [0.3, 0.4) is 0 Å². The smallest absolute Gasteiger partial charge is 0.0448 e. The van der Waals surface area contributed by atoms with Gasteiger partial charge in [0.25, 0.3) is 0 Å². The van der Waals surface area contributed by atoms with Crippen LogP contribution in [-0.2, 0) is 5.41 Å². The predicted molar refractivity (Wildman–Crippen MR) is 78.3 cm³/mol. The molecule has 0 aliphatic heterocycles. The Kier molecular flexibility index (Phi) is 5.20. The first kappa shape index (κ1) is 15.5. The normalized spacial score (nSPS) is 12.8. The lowest BCUT2D eigenvalue weighted by Gasteiger charge is -2.33. The monoisotopic (exact) mass is 269 g/mol. The maximum Gasteiger partial charge on any atom is 0.0448 e. The highest BCUT2D eigenvalue weighted by atomic mass is 35.5. The number of halogens is 1. The molecule has 102 valence electrons. The summed E-state index contributed by atoms with van der Waals surface area (Å²) in [5.41, 5.74) is 1.26. The van der Waals surface area contributed by atoms with E-state index in [0.29, 0.717) is 0 Å². The third-order valence-corrected chi connectivity index (χ3v) is 3.62. The second kappa shape index (κ2) is 6.05. The van der Waals surface area contributed by atoms with Gasteiger partial charge in [0, 0.05) is 29.1 Å². The highest BCUT2D eigenvalue weighted by Gasteiger charge is 2.24. The number of hydrogen-bond acceptors (Lipinski definition) is 2. The van der Waals surface area contributed by atoms with Crippen LogP contribution in [0.25, 0.3) is 0 Å². The van der Waals surface area contributed by atoms with Crippen molar-refractivity contribution in [1.82, 2.24) is 5.32 Å². The molecule has 3 heteroatoms. The quantitative estimate of drug-likeness (QED) is 0.830. The average Bonchev–Trinajstić information content (AvgIpc) is 2.27. The number of hydrogen-bond donors (Lipinski definition) is 2. The molecule has 0 aliphatic carbocycles. The van der Waals surface area contributed by atoms with Gasteiger partial charge in [0.05, 0.1) is 0 Å². The first-order valence-electron chi connectivity index (χ1n) is 6.39. The van der Waals surface area contributed by atoms with Crippen molar-refractivity contribution in [2.75, 3.05) is 13.2 Å². The molecule has 2 nitrogen and oxygen atoms in total. The minimum atomic E-state index is -0.0432. The molecule has 0 heterocycles. The largest absolute Gasteiger partial charge is 0.396 e. The molecule has 0 radical (unpaired) electrons. The molecule has 1 aromatic rings. The molecule has 0 aromatic heterocycles. The molecular formula is C15H24ClNO. The number of aliphatic hydroxyl groups is 1. The van der Waals surface area contributed by atoms with Crippen molar-refractivity contribution in [2.24, 2.45) is 0 Å². The van der Waals surface area contributed by atoms with E-state index in [2.05, 4.69) is 45.1 Å². The van der Waals surface area contributed by atoms with E-state index in [1.807, 2.05) is 12.1 Å². The summed E-state index contributed by atoms with van der Waals surface area (Å²) < 4.78 is 0. The van der Waals surface area contributed by atoms with Crippen LogP contribution < -0.4 is 5.32 Å². The summed E-state index contributed by atoms with van der Waals surface area (Å²) >= 11 is 5.91. The number of rotatable bonds is 6. The van der Waals surface area contributed by atoms with Crippen LogP contribution in [0.4, 0.5) is 0 Å². The van der Waals surface area contributed by atoms with Crippen LogP contribution in [-0.4, -0.2) is 23.8 Å². The standard InChI is InChI=1S/C15H24ClNO/c1-14(2,11-17-15(3,4)9-10-18)12-5-7-13(16)8-6-12/h5-8,17-18H,9-11H2,1-4H3. The second-order valence-electron chi connectivity index (χ2n) is 6.10. The summed E-state index contributed by atoms with van der Waals surface area (Å²) in [6, 6.07) is 8.00. The van der Waals surface area contributed by atoms with Crippen molar-refractivity contribution in [3.8, 4) is 0 Å². The van der Waals surface area contributed by atoms with Gasteiger partial charge < -0.3 is 10.4 Å². The summed E-state index contributed by atoms with van der Waals surface area (Å²) in [6.45, 7) is 9.71. The molecule has 0 saturated heterocycles. The number of aliphatic hydroxyl groups excluding tert-OH is 1. The molecule has 18 heavy (non-hydrogen) atoms. The highest BCUT2D eigenvalue weighted by Crippen LogP contribution is 2.25. The zero-order valence-electron chi connectivity index (χ0n) is 11.8. The molecule has 0 aliphatic rings. The number of nitrogens with one attached hydrogen (secondary N) is 1. The Hall–Kier alpha value is -0.570. The van der Waals surface area contributed by atoms with Gasteiger partial charge in [-0.25, -0.2) is 0 Å². The molecule has 1 rings (SSSR count). The van der Waals surface area contributed by atoms with Crippen LogP contribution in [0.5, 0.6) is 0 Å². The van der Waals surface area contributed by atoms with E-state index < -0.39 is 0 Å². The molecule has 0 bridgehead atoms. The van der Waals surface area contributed by atoms with Crippen molar-refractivity contribution in [3.05, 3.63) is 34.9 Å². The van der Waals surface area contributed by atoms with Crippen molar-refractivity contribution in [2.45, 2.75) is 45.1 Å². The Morgan fingerprint density at radius 1 is 1.11 bits per heavy atom. The Bertz CT molecular complexity index is 371. The van der Waals surface area contributed by atoms with Gasteiger partial charge in [-0.3, -0.25) is 0 Å². The summed E-state index contributed by atoms with van der Waals surface area (Å²) in [4.78, 5) is 0. The highest BCUT2D eigenvalue weighted by molar-refractivity contribution is 6.30. The van der Waals surface area contributed by atoms with E-state index in [-0.39, 0.29) is 17.6 Å². The fourth-order valence-corrected chi connectivity index (χ4v) is 1.96. The molecule has 0 atom stereocenters. The third-order valence-electron chi connectivity index (χ3n) is 3.37. The minimum absolute atomic E-state index is 0.0390. The molecule has 2 N–H and O–H groups in total. The lowest BCUT2D eigenvalue weighted by Crippen LogP contribution is -2.46. The van der Waals surface area contributed by atoms with E-state index in [4.69, 9.17) is 16.7 Å². The maximum absolute atomic E-state index is 9.02. The Labute approximate surface area is 115 Å². The lowest BCUT2D eigenvalue weighted by atomic mass is 9.83. The summed E-state index contributed by atoms with van der Waals surface area (Å²) in [6.07, 6.45) is 0.754. The predicted octanol–water partition coefficient (Wildman–Crippen LogP) is 3.37. The van der Waals surface area contributed by atoms with Crippen molar-refractivity contribution >= 4 is 11.6 Å². The lowest BCUT2D eigenvalue weighted by molar-refractivity contribution is 0.223. The van der Waals surface area contributed by atoms with E-state index >= 15 is 0 Å². The van der Waals surface area contributed by atoms with Gasteiger partial charge in [0.15, 0.2) is 0 Å². The second-order valence-corrected chi connectivity index (χ2v) is 6.54. The zero-order chi connectivity index (χ0) is 13.8. The van der Waals surface area contributed by atoms with Crippen LogP contribution >= 0.6 is 11.6 Å². The van der Waals surface area contributed by atoms with Crippen molar-refractivity contribution in [3.63, 3.8) is 0 Å². The maximum atomic E-state index is 9.02. The molecule has 0 amide bonds. The Morgan fingerprint density at radius 3 is 2.17 bits per heavy atom. The molecule has 0 unspecified atom stereocenters. The van der Waals surface area contributed by atoms with Crippen molar-refractivity contribution < 1.29 is 5.11 Å². The van der Waals surface area contributed by atoms with E-state index in [1.165, 1.54) is 5.56 Å². The van der Waals surface area contributed by atoms with Crippen LogP contribution in [0.2, 0.25) is 5.02 Å². The SMILES string of the molecule is CC(C)(CCO)NCC(C)(C)c1ccc(Cl)cc1. The van der Waals surface area contributed by atoms with Gasteiger partial charge in [0.2, 0.25) is 0 Å². The van der Waals surface area contributed by atoms with Gasteiger partial charge >= 0.3 is 0 Å².